The molecule has 0 bridgehead atoms. The van der Waals surface area contributed by atoms with Crippen LogP contribution in [0.15, 0.2) is 0 Å². The highest BCUT2D eigenvalue weighted by Gasteiger charge is 2.56. The standard InChI is InChI=1S/C13H21F5O2S/c1-10(2)8-20-11(19)9-21-7-5-3-4-6-12(14,15)13(16,17)18/h10H,3-9H2,1-2H3. The second-order valence-corrected chi connectivity index (χ2v) is 6.25. The zero-order chi connectivity index (χ0) is 16.5. The van der Waals surface area contributed by atoms with Crippen LogP contribution in [0, 0.1) is 5.92 Å². The van der Waals surface area contributed by atoms with Gasteiger partial charge in [-0.15, -0.1) is 0 Å². The Kier molecular flexibility index (Phi) is 9.24. The minimum atomic E-state index is -5.47. The van der Waals surface area contributed by atoms with E-state index in [9.17, 15) is 26.7 Å². The largest absolute Gasteiger partial charge is 0.465 e. The summed E-state index contributed by atoms with van der Waals surface area (Å²) in [5, 5.41) is 0. The average molecular weight is 336 g/mol. The maximum absolute atomic E-state index is 12.6. The molecular weight excluding hydrogens is 315 g/mol. The third kappa shape index (κ3) is 9.92. The normalized spacial score (nSPS) is 12.8. The molecule has 0 saturated carbocycles. The predicted molar refractivity (Wildman–Crippen MR) is 72.6 cm³/mol. The van der Waals surface area contributed by atoms with Gasteiger partial charge in [0.15, 0.2) is 0 Å². The fourth-order valence-electron chi connectivity index (χ4n) is 1.33. The van der Waals surface area contributed by atoms with Crippen molar-refractivity contribution in [1.29, 1.82) is 0 Å². The Bertz CT molecular complexity index is 305. The van der Waals surface area contributed by atoms with Gasteiger partial charge in [-0.25, -0.2) is 0 Å². The lowest BCUT2D eigenvalue weighted by atomic mass is 10.1. The average Bonchev–Trinajstić information content (AvgIpc) is 2.33. The van der Waals surface area contributed by atoms with Crippen LogP contribution in [0.1, 0.15) is 39.5 Å². The SMILES string of the molecule is CC(C)COC(=O)CSCCCCCC(F)(F)C(F)(F)F. The van der Waals surface area contributed by atoms with Gasteiger partial charge in [-0.3, -0.25) is 4.79 Å². The number of esters is 1. The van der Waals surface area contributed by atoms with E-state index in [-0.39, 0.29) is 30.5 Å². The fraction of sp³-hybridized carbons (Fsp3) is 0.923. The van der Waals surface area contributed by atoms with E-state index in [1.165, 1.54) is 11.8 Å². The summed E-state index contributed by atoms with van der Waals surface area (Å²) >= 11 is 1.29. The number of thioether (sulfide) groups is 1. The zero-order valence-electron chi connectivity index (χ0n) is 12.1. The second-order valence-electron chi connectivity index (χ2n) is 5.14. The molecule has 0 radical (unpaired) electrons. The van der Waals surface area contributed by atoms with Crippen molar-refractivity contribution in [3.05, 3.63) is 0 Å². The van der Waals surface area contributed by atoms with Gasteiger partial charge in [-0.1, -0.05) is 20.3 Å². The number of ether oxygens (including phenoxy) is 1. The Morgan fingerprint density at radius 3 is 2.24 bits per heavy atom. The summed E-state index contributed by atoms with van der Waals surface area (Å²) < 4.78 is 65.7. The number of carbonyl (C=O) groups is 1. The van der Waals surface area contributed by atoms with E-state index in [4.69, 9.17) is 4.74 Å². The number of halogens is 5. The van der Waals surface area contributed by atoms with Gasteiger partial charge in [-0.2, -0.15) is 33.7 Å². The number of hydrogen-bond donors (Lipinski definition) is 0. The van der Waals surface area contributed by atoms with Crippen LogP contribution in [-0.4, -0.2) is 36.2 Å². The van der Waals surface area contributed by atoms with Gasteiger partial charge in [-0.05, 0) is 24.5 Å². The fourth-order valence-corrected chi connectivity index (χ4v) is 2.13. The van der Waals surface area contributed by atoms with E-state index < -0.39 is 18.5 Å². The third-order valence-corrected chi connectivity index (χ3v) is 3.51. The summed E-state index contributed by atoms with van der Waals surface area (Å²) in [6.45, 7) is 4.18. The molecule has 0 heterocycles. The summed E-state index contributed by atoms with van der Waals surface area (Å²) in [6, 6.07) is 0. The van der Waals surface area contributed by atoms with Gasteiger partial charge in [0.25, 0.3) is 0 Å². The van der Waals surface area contributed by atoms with Crippen molar-refractivity contribution in [2.45, 2.75) is 51.6 Å². The molecule has 2 nitrogen and oxygen atoms in total. The summed E-state index contributed by atoms with van der Waals surface area (Å²) in [5.74, 6) is -3.98. The van der Waals surface area contributed by atoms with Gasteiger partial charge in [0.2, 0.25) is 0 Å². The van der Waals surface area contributed by atoms with Gasteiger partial charge in [0.05, 0.1) is 12.4 Å². The number of rotatable bonds is 10. The molecule has 0 atom stereocenters. The van der Waals surface area contributed by atoms with Crippen molar-refractivity contribution in [1.82, 2.24) is 0 Å². The van der Waals surface area contributed by atoms with Crippen LogP contribution in [-0.2, 0) is 9.53 Å². The Morgan fingerprint density at radius 1 is 1.10 bits per heavy atom. The van der Waals surface area contributed by atoms with Gasteiger partial charge < -0.3 is 4.74 Å². The van der Waals surface area contributed by atoms with Crippen molar-refractivity contribution < 1.29 is 31.5 Å². The molecule has 0 aliphatic rings. The van der Waals surface area contributed by atoms with Crippen molar-refractivity contribution >= 4 is 17.7 Å². The van der Waals surface area contributed by atoms with E-state index in [0.717, 1.165) is 0 Å². The summed E-state index contributed by atoms with van der Waals surface area (Å²) in [6.07, 6.45) is -6.07. The lowest BCUT2D eigenvalue weighted by Gasteiger charge is -2.19. The molecule has 0 unspecified atom stereocenters. The summed E-state index contributed by atoms with van der Waals surface area (Å²) in [4.78, 5) is 11.2. The highest BCUT2D eigenvalue weighted by molar-refractivity contribution is 7.99. The molecule has 0 saturated heterocycles. The Balaban J connectivity index is 3.55. The molecule has 0 aromatic carbocycles. The van der Waals surface area contributed by atoms with Crippen molar-refractivity contribution in [2.24, 2.45) is 5.92 Å². The predicted octanol–water partition coefficient (Wildman–Crippen LogP) is 4.68. The molecular formula is C13H21F5O2S. The van der Waals surface area contributed by atoms with Crippen molar-refractivity contribution in [3.8, 4) is 0 Å². The lowest BCUT2D eigenvalue weighted by molar-refractivity contribution is -0.284. The Morgan fingerprint density at radius 2 is 1.71 bits per heavy atom. The first kappa shape index (κ1) is 20.5. The molecule has 21 heavy (non-hydrogen) atoms. The first-order valence-electron chi connectivity index (χ1n) is 6.74. The van der Waals surface area contributed by atoms with E-state index >= 15 is 0 Å². The highest BCUT2D eigenvalue weighted by atomic mass is 32.2. The molecule has 0 aromatic rings. The van der Waals surface area contributed by atoms with Crippen LogP contribution in [0.4, 0.5) is 22.0 Å². The highest BCUT2D eigenvalue weighted by Crippen LogP contribution is 2.39. The molecule has 0 aliphatic carbocycles. The molecule has 0 aliphatic heterocycles. The monoisotopic (exact) mass is 336 g/mol. The first-order chi connectivity index (χ1) is 9.56. The van der Waals surface area contributed by atoms with Crippen LogP contribution in [0.2, 0.25) is 0 Å². The molecule has 0 amide bonds. The minimum absolute atomic E-state index is 0.172. The molecule has 0 rings (SSSR count). The zero-order valence-corrected chi connectivity index (χ0v) is 13.0. The van der Waals surface area contributed by atoms with Gasteiger partial charge >= 0.3 is 18.1 Å². The van der Waals surface area contributed by atoms with Crippen molar-refractivity contribution in [3.63, 3.8) is 0 Å². The molecule has 0 N–H and O–H groups in total. The minimum Gasteiger partial charge on any atom is -0.465 e. The maximum atomic E-state index is 12.6. The second kappa shape index (κ2) is 9.48. The van der Waals surface area contributed by atoms with E-state index in [1.807, 2.05) is 13.8 Å². The van der Waals surface area contributed by atoms with Crippen molar-refractivity contribution in [2.75, 3.05) is 18.1 Å². The smallest absolute Gasteiger partial charge is 0.453 e. The molecule has 0 aromatic heterocycles. The Labute approximate surface area is 125 Å². The van der Waals surface area contributed by atoms with E-state index in [1.54, 1.807) is 0 Å². The van der Waals surface area contributed by atoms with E-state index in [2.05, 4.69) is 0 Å². The van der Waals surface area contributed by atoms with Crippen LogP contribution < -0.4 is 0 Å². The summed E-state index contributed by atoms with van der Waals surface area (Å²) in [7, 11) is 0. The van der Waals surface area contributed by atoms with E-state index in [0.29, 0.717) is 18.8 Å². The number of alkyl halides is 5. The Hall–Kier alpha value is -0.530. The topological polar surface area (TPSA) is 26.3 Å². The molecule has 126 valence electrons. The number of unbranched alkanes of at least 4 members (excludes halogenated alkanes) is 2. The van der Waals surface area contributed by atoms with Gasteiger partial charge in [0.1, 0.15) is 0 Å². The summed E-state index contributed by atoms with van der Waals surface area (Å²) in [5.41, 5.74) is 0. The maximum Gasteiger partial charge on any atom is 0.453 e. The number of hydrogen-bond acceptors (Lipinski definition) is 3. The number of carbonyl (C=O) groups excluding carboxylic acids is 1. The molecule has 8 heteroatoms. The lowest BCUT2D eigenvalue weighted by Crippen LogP contribution is -2.36. The third-order valence-electron chi connectivity index (χ3n) is 2.49. The first-order valence-corrected chi connectivity index (χ1v) is 7.89. The van der Waals surface area contributed by atoms with Gasteiger partial charge in [0, 0.05) is 6.42 Å². The van der Waals surface area contributed by atoms with Crippen LogP contribution >= 0.6 is 11.8 Å². The quantitative estimate of drug-likeness (QED) is 0.329. The van der Waals surface area contributed by atoms with Crippen LogP contribution in [0.3, 0.4) is 0 Å². The van der Waals surface area contributed by atoms with Crippen LogP contribution in [0.25, 0.3) is 0 Å². The molecule has 0 spiro atoms. The van der Waals surface area contributed by atoms with Crippen LogP contribution in [0.5, 0.6) is 0 Å². The molecule has 0 fully saturated rings.